The maximum Gasteiger partial charge on any atom is 0.318 e. The largest absolute Gasteiger partial charge is 0.338 e. The highest BCUT2D eigenvalue weighted by Crippen LogP contribution is 2.53. The fraction of sp³-hybridized carbons (Fsp3) is 0.419. The van der Waals surface area contributed by atoms with E-state index in [9.17, 15) is 18.8 Å². The number of piperazine rings is 1. The molecule has 0 bridgehead atoms. The third-order valence-electron chi connectivity index (χ3n) is 8.26. The summed E-state index contributed by atoms with van der Waals surface area (Å²) in [6.45, 7) is 7.95. The smallest absolute Gasteiger partial charge is 0.318 e. The first-order chi connectivity index (χ1) is 20.1. The molecule has 0 spiro atoms. The van der Waals surface area contributed by atoms with Crippen molar-refractivity contribution in [2.75, 3.05) is 32.7 Å². The molecule has 1 aromatic heterocycles. The van der Waals surface area contributed by atoms with E-state index in [0.717, 1.165) is 5.56 Å². The SMILES string of the molecule is CCNC(=O)N1C(C(=O)N2CCNCC2)C(c2ccc(F)cc2)C(C(=O)c2cccc(C)c2)C1c1c(C)nn(C)c1Cl. The van der Waals surface area contributed by atoms with E-state index in [2.05, 4.69) is 15.7 Å². The highest BCUT2D eigenvalue weighted by atomic mass is 35.5. The molecule has 3 aromatic rings. The maximum absolute atomic E-state index is 14.7. The van der Waals surface area contributed by atoms with Crippen LogP contribution in [0.25, 0.3) is 0 Å². The number of nitrogens with zero attached hydrogens (tertiary/aromatic N) is 4. The monoisotopic (exact) mass is 594 g/mol. The maximum atomic E-state index is 14.7. The Bertz CT molecular complexity index is 1490. The van der Waals surface area contributed by atoms with Gasteiger partial charge in [0.05, 0.1) is 17.7 Å². The van der Waals surface area contributed by atoms with Crippen LogP contribution >= 0.6 is 11.6 Å². The molecule has 3 heterocycles. The normalized spacial score (nSPS) is 22.3. The Labute approximate surface area is 250 Å². The van der Waals surface area contributed by atoms with E-state index in [-0.39, 0.29) is 16.8 Å². The zero-order valence-electron chi connectivity index (χ0n) is 24.2. The average molecular weight is 595 g/mol. The van der Waals surface area contributed by atoms with Crippen molar-refractivity contribution in [3.63, 3.8) is 0 Å². The number of aryl methyl sites for hydroxylation is 3. The summed E-state index contributed by atoms with van der Waals surface area (Å²) in [5.41, 5.74) is 3.01. The first-order valence-corrected chi connectivity index (χ1v) is 14.6. The number of rotatable bonds is 6. The predicted octanol–water partition coefficient (Wildman–Crippen LogP) is 4.00. The van der Waals surface area contributed by atoms with E-state index >= 15 is 0 Å². The number of likely N-dealkylation sites (tertiary alicyclic amines) is 1. The molecule has 4 atom stereocenters. The fourth-order valence-electron chi connectivity index (χ4n) is 6.42. The van der Waals surface area contributed by atoms with Crippen LogP contribution in [0.4, 0.5) is 9.18 Å². The van der Waals surface area contributed by atoms with Crippen molar-refractivity contribution in [3.8, 4) is 0 Å². The van der Waals surface area contributed by atoms with Crippen LogP contribution in [0.3, 0.4) is 0 Å². The molecule has 2 N–H and O–H groups in total. The summed E-state index contributed by atoms with van der Waals surface area (Å²) in [5.74, 6) is -2.64. The number of carbonyl (C=O) groups is 3. The Hall–Kier alpha value is -3.76. The van der Waals surface area contributed by atoms with Crippen molar-refractivity contribution < 1.29 is 18.8 Å². The molecule has 11 heteroatoms. The van der Waals surface area contributed by atoms with E-state index < -0.39 is 35.8 Å². The predicted molar refractivity (Wildman–Crippen MR) is 158 cm³/mol. The van der Waals surface area contributed by atoms with Crippen LogP contribution in [0.15, 0.2) is 48.5 Å². The highest BCUT2D eigenvalue weighted by molar-refractivity contribution is 6.30. The topological polar surface area (TPSA) is 99.6 Å². The standard InChI is InChI=1S/C31H36ClFN6O3/c1-5-35-31(42)39-26(23-19(3)36-37(4)29(23)32)25(28(40)21-8-6-7-18(2)17-21)24(20-9-11-22(33)12-10-20)27(39)30(41)38-15-13-34-14-16-38/h6-12,17,24-27,34H,5,13-16H2,1-4H3,(H,35,42). The molecule has 2 saturated heterocycles. The summed E-state index contributed by atoms with van der Waals surface area (Å²) in [5, 5.41) is 10.9. The minimum atomic E-state index is -1.06. The molecule has 3 amide bonds. The molecule has 2 aromatic carbocycles. The lowest BCUT2D eigenvalue weighted by atomic mass is 9.75. The van der Waals surface area contributed by atoms with Crippen molar-refractivity contribution in [3.05, 3.63) is 87.4 Å². The lowest BCUT2D eigenvalue weighted by molar-refractivity contribution is -0.136. The zero-order chi connectivity index (χ0) is 30.1. The van der Waals surface area contributed by atoms with Gasteiger partial charge in [-0.05, 0) is 44.5 Å². The van der Waals surface area contributed by atoms with E-state index in [0.29, 0.717) is 55.1 Å². The lowest BCUT2D eigenvalue weighted by Gasteiger charge is -2.36. The van der Waals surface area contributed by atoms with Crippen LogP contribution in [-0.2, 0) is 11.8 Å². The van der Waals surface area contributed by atoms with Gasteiger partial charge in [0.25, 0.3) is 0 Å². The van der Waals surface area contributed by atoms with Crippen molar-refractivity contribution in [2.45, 2.75) is 38.8 Å². The minimum absolute atomic E-state index is 0.234. The number of halogens is 2. The van der Waals surface area contributed by atoms with Crippen LogP contribution in [0, 0.1) is 25.6 Å². The fourth-order valence-corrected chi connectivity index (χ4v) is 6.71. The molecule has 0 saturated carbocycles. The Kier molecular flexibility index (Phi) is 8.65. The number of amides is 3. The third kappa shape index (κ3) is 5.41. The van der Waals surface area contributed by atoms with Gasteiger partial charge in [0, 0.05) is 56.8 Å². The van der Waals surface area contributed by atoms with Gasteiger partial charge in [-0.15, -0.1) is 0 Å². The molecule has 4 unspecified atom stereocenters. The van der Waals surface area contributed by atoms with Crippen molar-refractivity contribution in [1.82, 2.24) is 30.2 Å². The average Bonchev–Trinajstić information content (AvgIpc) is 3.45. The number of urea groups is 1. The Morgan fingerprint density at radius 2 is 1.79 bits per heavy atom. The second kappa shape index (κ2) is 12.2. The van der Waals surface area contributed by atoms with Gasteiger partial charge in [-0.25, -0.2) is 9.18 Å². The quantitative estimate of drug-likeness (QED) is 0.420. The number of hydrogen-bond donors (Lipinski definition) is 2. The zero-order valence-corrected chi connectivity index (χ0v) is 25.0. The molecule has 0 aliphatic carbocycles. The number of aromatic nitrogens is 2. The number of hydrogen-bond acceptors (Lipinski definition) is 5. The molecule has 222 valence electrons. The number of Topliss-reactive ketones (excluding diaryl/α,β-unsaturated/α-hetero) is 1. The summed E-state index contributed by atoms with van der Waals surface area (Å²) in [6.07, 6.45) is 0. The highest BCUT2D eigenvalue weighted by Gasteiger charge is 2.59. The van der Waals surface area contributed by atoms with Gasteiger partial charge >= 0.3 is 6.03 Å². The molecular formula is C31H36ClFN6O3. The van der Waals surface area contributed by atoms with Gasteiger partial charge in [0.2, 0.25) is 5.91 Å². The molecule has 5 rings (SSSR count). The third-order valence-corrected chi connectivity index (χ3v) is 8.71. The summed E-state index contributed by atoms with van der Waals surface area (Å²) in [4.78, 5) is 46.5. The van der Waals surface area contributed by atoms with Crippen LogP contribution < -0.4 is 10.6 Å². The lowest BCUT2D eigenvalue weighted by Crippen LogP contribution is -2.56. The second-order valence-electron chi connectivity index (χ2n) is 11.0. The minimum Gasteiger partial charge on any atom is -0.338 e. The van der Waals surface area contributed by atoms with Gasteiger partial charge in [-0.1, -0.05) is 47.5 Å². The molecular weight excluding hydrogens is 559 g/mol. The van der Waals surface area contributed by atoms with Gasteiger partial charge in [-0.2, -0.15) is 5.10 Å². The summed E-state index contributed by atoms with van der Waals surface area (Å²) < 4.78 is 15.7. The van der Waals surface area contributed by atoms with Crippen LogP contribution in [-0.4, -0.2) is 76.1 Å². The Balaban J connectivity index is 1.80. The summed E-state index contributed by atoms with van der Waals surface area (Å²) >= 11 is 6.85. The van der Waals surface area contributed by atoms with Gasteiger partial charge in [-0.3, -0.25) is 14.3 Å². The number of nitrogens with one attached hydrogen (secondary N) is 2. The number of ketones is 1. The van der Waals surface area contributed by atoms with Crippen molar-refractivity contribution in [1.29, 1.82) is 0 Å². The summed E-state index contributed by atoms with van der Waals surface area (Å²) in [6, 6.07) is 10.7. The van der Waals surface area contributed by atoms with Crippen molar-refractivity contribution >= 4 is 29.3 Å². The van der Waals surface area contributed by atoms with Crippen LogP contribution in [0.2, 0.25) is 5.15 Å². The van der Waals surface area contributed by atoms with Gasteiger partial charge in [0.1, 0.15) is 17.0 Å². The van der Waals surface area contributed by atoms with E-state index in [4.69, 9.17) is 11.6 Å². The van der Waals surface area contributed by atoms with E-state index in [1.165, 1.54) is 21.7 Å². The molecule has 2 aliphatic rings. The van der Waals surface area contributed by atoms with Crippen molar-refractivity contribution in [2.24, 2.45) is 13.0 Å². The first-order valence-electron chi connectivity index (χ1n) is 14.2. The molecule has 2 fully saturated rings. The van der Waals surface area contributed by atoms with E-state index in [1.54, 1.807) is 50.1 Å². The molecule has 0 radical (unpaired) electrons. The van der Waals surface area contributed by atoms with Crippen LogP contribution in [0.5, 0.6) is 0 Å². The summed E-state index contributed by atoms with van der Waals surface area (Å²) in [7, 11) is 1.70. The first kappa shape index (κ1) is 29.7. The van der Waals surface area contributed by atoms with Gasteiger partial charge < -0.3 is 20.4 Å². The molecule has 9 nitrogen and oxygen atoms in total. The second-order valence-corrected chi connectivity index (χ2v) is 11.3. The van der Waals surface area contributed by atoms with E-state index in [1.807, 2.05) is 19.1 Å². The van der Waals surface area contributed by atoms with Crippen LogP contribution in [0.1, 0.15) is 51.6 Å². The van der Waals surface area contributed by atoms with Gasteiger partial charge in [0.15, 0.2) is 5.78 Å². The molecule has 42 heavy (non-hydrogen) atoms. The number of carbonyl (C=O) groups excluding carboxylic acids is 3. The molecule has 2 aliphatic heterocycles. The number of benzene rings is 2. The Morgan fingerprint density at radius 1 is 1.10 bits per heavy atom. The Morgan fingerprint density at radius 3 is 2.38 bits per heavy atom.